The van der Waals surface area contributed by atoms with Crippen LogP contribution in [0.1, 0.15) is 31.7 Å². The summed E-state index contributed by atoms with van der Waals surface area (Å²) in [5.41, 5.74) is 1.15. The van der Waals surface area contributed by atoms with Crippen LogP contribution in [-0.2, 0) is 4.79 Å². The number of carbonyl (C=O) groups is 1. The van der Waals surface area contributed by atoms with Gasteiger partial charge in [-0.15, -0.1) is 0 Å². The number of nitrogens with zero attached hydrogens (tertiary/aromatic N) is 1. The lowest BCUT2D eigenvalue weighted by Gasteiger charge is -2.11. The first kappa shape index (κ1) is 21.3. The van der Waals surface area contributed by atoms with E-state index in [1.807, 2.05) is 6.07 Å². The van der Waals surface area contributed by atoms with Crippen LogP contribution in [0.25, 0.3) is 6.08 Å². The highest BCUT2D eigenvalue weighted by Crippen LogP contribution is 2.29. The van der Waals surface area contributed by atoms with E-state index in [9.17, 15) is 10.1 Å². The van der Waals surface area contributed by atoms with Crippen LogP contribution in [0.4, 0.5) is 5.69 Å². The van der Waals surface area contributed by atoms with Gasteiger partial charge in [0.05, 0.1) is 13.7 Å². The molecule has 146 valence electrons. The van der Waals surface area contributed by atoms with E-state index in [1.165, 1.54) is 6.08 Å². The Kier molecular flexibility index (Phi) is 8.38. The van der Waals surface area contributed by atoms with Gasteiger partial charge in [-0.05, 0) is 48.4 Å². The first-order chi connectivity index (χ1) is 13.6. The van der Waals surface area contributed by atoms with E-state index in [0.29, 0.717) is 34.4 Å². The number of ether oxygens (including phenoxy) is 2. The van der Waals surface area contributed by atoms with Crippen molar-refractivity contribution in [3.63, 3.8) is 0 Å². The lowest BCUT2D eigenvalue weighted by molar-refractivity contribution is -0.112. The Morgan fingerprint density at radius 3 is 2.71 bits per heavy atom. The Hall–Kier alpha value is -2.97. The molecule has 0 aliphatic heterocycles. The Morgan fingerprint density at radius 2 is 2.04 bits per heavy atom. The number of unbranched alkanes of at least 4 members (excludes halogenated alkanes) is 2. The molecule has 0 aliphatic carbocycles. The molecule has 0 bridgehead atoms. The molecular formula is C22H23ClN2O3. The fraction of sp³-hybridized carbons (Fsp3) is 0.273. The normalized spacial score (nSPS) is 10.9. The Balaban J connectivity index is 2.14. The first-order valence-corrected chi connectivity index (χ1v) is 9.44. The highest BCUT2D eigenvalue weighted by atomic mass is 35.5. The molecule has 1 amide bonds. The molecule has 2 aromatic rings. The number of rotatable bonds is 9. The minimum Gasteiger partial charge on any atom is -0.493 e. The van der Waals surface area contributed by atoms with Gasteiger partial charge in [0.25, 0.3) is 5.91 Å². The molecule has 0 fully saturated rings. The molecule has 0 spiro atoms. The van der Waals surface area contributed by atoms with Crippen molar-refractivity contribution in [3.8, 4) is 17.6 Å². The van der Waals surface area contributed by atoms with E-state index in [-0.39, 0.29) is 5.57 Å². The Labute approximate surface area is 170 Å². The van der Waals surface area contributed by atoms with Crippen LogP contribution >= 0.6 is 11.6 Å². The number of hydrogen-bond acceptors (Lipinski definition) is 4. The quantitative estimate of drug-likeness (QED) is 0.345. The van der Waals surface area contributed by atoms with Gasteiger partial charge in [0, 0.05) is 10.7 Å². The zero-order valence-corrected chi connectivity index (χ0v) is 16.8. The molecule has 0 heterocycles. The highest BCUT2D eigenvalue weighted by Gasteiger charge is 2.11. The predicted molar refractivity (Wildman–Crippen MR) is 112 cm³/mol. The third-order valence-electron chi connectivity index (χ3n) is 3.95. The summed E-state index contributed by atoms with van der Waals surface area (Å²) >= 11 is 5.92. The van der Waals surface area contributed by atoms with Crippen LogP contribution in [0.2, 0.25) is 5.02 Å². The summed E-state index contributed by atoms with van der Waals surface area (Å²) in [4.78, 5) is 12.4. The SMILES string of the molecule is CCCCCOc1ccc(/C=C(\C#N)C(=O)Nc2cccc(Cl)c2)cc1OC. The monoisotopic (exact) mass is 398 g/mol. The van der Waals surface area contributed by atoms with Crippen LogP contribution in [0.5, 0.6) is 11.5 Å². The molecule has 6 heteroatoms. The molecule has 0 unspecified atom stereocenters. The zero-order chi connectivity index (χ0) is 20.4. The maximum absolute atomic E-state index is 12.4. The van der Waals surface area contributed by atoms with Gasteiger partial charge in [0.15, 0.2) is 11.5 Å². The lowest BCUT2D eigenvalue weighted by Crippen LogP contribution is -2.13. The molecule has 0 aliphatic rings. The second kappa shape index (κ2) is 11.0. The summed E-state index contributed by atoms with van der Waals surface area (Å²) in [6.07, 6.45) is 4.71. The smallest absolute Gasteiger partial charge is 0.266 e. The van der Waals surface area contributed by atoms with E-state index in [1.54, 1.807) is 49.6 Å². The molecule has 0 radical (unpaired) electrons. The molecule has 5 nitrogen and oxygen atoms in total. The summed E-state index contributed by atoms with van der Waals surface area (Å²) in [5, 5.41) is 12.5. The van der Waals surface area contributed by atoms with Gasteiger partial charge < -0.3 is 14.8 Å². The predicted octanol–water partition coefficient (Wildman–Crippen LogP) is 5.46. The topological polar surface area (TPSA) is 71.3 Å². The minimum absolute atomic E-state index is 0.0290. The second-order valence-electron chi connectivity index (χ2n) is 6.10. The van der Waals surface area contributed by atoms with Crippen molar-refractivity contribution in [1.82, 2.24) is 0 Å². The second-order valence-corrected chi connectivity index (χ2v) is 6.54. The van der Waals surface area contributed by atoms with Crippen molar-refractivity contribution in [2.45, 2.75) is 26.2 Å². The summed E-state index contributed by atoms with van der Waals surface area (Å²) in [6, 6.07) is 14.0. The number of amides is 1. The van der Waals surface area contributed by atoms with E-state index >= 15 is 0 Å². The van der Waals surface area contributed by atoms with E-state index < -0.39 is 5.91 Å². The summed E-state index contributed by atoms with van der Waals surface area (Å²) in [6.45, 7) is 2.75. The fourth-order valence-electron chi connectivity index (χ4n) is 2.51. The number of hydrogen-bond donors (Lipinski definition) is 1. The van der Waals surface area contributed by atoms with Crippen molar-refractivity contribution < 1.29 is 14.3 Å². The van der Waals surface area contributed by atoms with Gasteiger partial charge in [-0.3, -0.25) is 4.79 Å². The van der Waals surface area contributed by atoms with Gasteiger partial charge >= 0.3 is 0 Å². The van der Waals surface area contributed by atoms with Crippen molar-refractivity contribution in [2.24, 2.45) is 0 Å². The Morgan fingerprint density at radius 1 is 1.21 bits per heavy atom. The molecule has 2 aromatic carbocycles. The van der Waals surface area contributed by atoms with Crippen molar-refractivity contribution in [3.05, 3.63) is 58.6 Å². The van der Waals surface area contributed by atoms with Crippen LogP contribution in [0.3, 0.4) is 0 Å². The number of anilines is 1. The molecule has 2 rings (SSSR count). The van der Waals surface area contributed by atoms with Crippen LogP contribution in [0, 0.1) is 11.3 Å². The van der Waals surface area contributed by atoms with Gasteiger partial charge in [-0.25, -0.2) is 0 Å². The lowest BCUT2D eigenvalue weighted by atomic mass is 10.1. The third kappa shape index (κ3) is 6.33. The van der Waals surface area contributed by atoms with Gasteiger partial charge in [-0.1, -0.05) is 43.5 Å². The van der Waals surface area contributed by atoms with Crippen LogP contribution in [-0.4, -0.2) is 19.6 Å². The summed E-state index contributed by atoms with van der Waals surface area (Å²) < 4.78 is 11.1. The maximum Gasteiger partial charge on any atom is 0.266 e. The van der Waals surface area contributed by atoms with Crippen molar-refractivity contribution in [2.75, 3.05) is 19.0 Å². The minimum atomic E-state index is -0.511. The number of halogens is 1. The molecule has 28 heavy (non-hydrogen) atoms. The van der Waals surface area contributed by atoms with E-state index in [0.717, 1.165) is 19.3 Å². The summed E-state index contributed by atoms with van der Waals surface area (Å²) in [7, 11) is 1.55. The van der Waals surface area contributed by atoms with Crippen molar-refractivity contribution in [1.29, 1.82) is 5.26 Å². The number of nitriles is 1. The highest BCUT2D eigenvalue weighted by molar-refractivity contribution is 6.31. The number of benzene rings is 2. The molecular weight excluding hydrogens is 376 g/mol. The number of carbonyl (C=O) groups excluding carboxylic acids is 1. The van der Waals surface area contributed by atoms with Crippen LogP contribution in [0.15, 0.2) is 48.0 Å². The third-order valence-corrected chi connectivity index (χ3v) is 4.19. The average Bonchev–Trinajstić information content (AvgIpc) is 2.69. The maximum atomic E-state index is 12.4. The molecule has 0 aromatic heterocycles. The first-order valence-electron chi connectivity index (χ1n) is 9.07. The van der Waals surface area contributed by atoms with E-state index in [4.69, 9.17) is 21.1 Å². The molecule has 0 saturated heterocycles. The van der Waals surface area contributed by atoms with Gasteiger partial charge in [-0.2, -0.15) is 5.26 Å². The Bertz CT molecular complexity index is 888. The van der Waals surface area contributed by atoms with Crippen LogP contribution < -0.4 is 14.8 Å². The fourth-order valence-corrected chi connectivity index (χ4v) is 2.70. The van der Waals surface area contributed by atoms with Crippen molar-refractivity contribution >= 4 is 29.3 Å². The standard InChI is InChI=1S/C22H23ClN2O3/c1-3-4-5-11-28-20-10-9-16(13-21(20)27-2)12-17(15-24)22(26)25-19-8-6-7-18(23)14-19/h6-10,12-14H,3-5,11H2,1-2H3,(H,25,26)/b17-12+. The molecule has 1 N–H and O–H groups in total. The van der Waals surface area contributed by atoms with Gasteiger partial charge in [0.1, 0.15) is 11.6 Å². The largest absolute Gasteiger partial charge is 0.493 e. The van der Waals surface area contributed by atoms with Gasteiger partial charge in [0.2, 0.25) is 0 Å². The average molecular weight is 399 g/mol. The summed E-state index contributed by atoms with van der Waals surface area (Å²) in [5.74, 6) is 0.680. The zero-order valence-electron chi connectivity index (χ0n) is 16.0. The number of nitrogens with one attached hydrogen (secondary N) is 1. The molecule has 0 saturated carbocycles. The number of methoxy groups -OCH3 is 1. The molecule has 0 atom stereocenters. The van der Waals surface area contributed by atoms with E-state index in [2.05, 4.69) is 12.2 Å².